The second-order valence-corrected chi connectivity index (χ2v) is 8.27. The van der Waals surface area contributed by atoms with Crippen molar-refractivity contribution in [2.24, 2.45) is 10.1 Å². The maximum Gasteiger partial charge on any atom is 0.238 e. The lowest BCUT2D eigenvalue weighted by Gasteiger charge is -2.34. The number of para-hydroxylation sites is 1. The quantitative estimate of drug-likeness (QED) is 0.352. The van der Waals surface area contributed by atoms with Gasteiger partial charge in [-0.05, 0) is 29.8 Å². The highest BCUT2D eigenvalue weighted by atomic mass is 127. The summed E-state index contributed by atoms with van der Waals surface area (Å²) in [6.45, 7) is 2.15. The summed E-state index contributed by atoms with van der Waals surface area (Å²) < 4.78 is 29.0. The Hall–Kier alpha value is -1.85. The van der Waals surface area contributed by atoms with Crippen molar-refractivity contribution in [2.45, 2.75) is 30.4 Å². The zero-order valence-corrected chi connectivity index (χ0v) is 19.5. The minimum absolute atomic E-state index is 0. The van der Waals surface area contributed by atoms with Gasteiger partial charge in [0.15, 0.2) is 5.96 Å². The maximum atomic E-state index is 11.5. The van der Waals surface area contributed by atoms with Crippen LogP contribution in [0, 0.1) is 0 Å². The van der Waals surface area contributed by atoms with Gasteiger partial charge in [-0.15, -0.1) is 24.0 Å². The van der Waals surface area contributed by atoms with Crippen molar-refractivity contribution in [2.75, 3.05) is 20.1 Å². The van der Waals surface area contributed by atoms with E-state index < -0.39 is 10.0 Å². The number of primary sulfonamides is 1. The van der Waals surface area contributed by atoms with Gasteiger partial charge >= 0.3 is 0 Å². The Morgan fingerprint density at radius 3 is 2.48 bits per heavy atom. The molecule has 0 amide bonds. The fourth-order valence-electron chi connectivity index (χ4n) is 3.22. The summed E-state index contributed by atoms with van der Waals surface area (Å²) in [6.07, 6.45) is 2.02. The zero-order chi connectivity index (χ0) is 20.0. The largest absolute Gasteiger partial charge is 0.490 e. The number of nitrogens with two attached hydrogens (primary N) is 1. The Morgan fingerprint density at radius 2 is 1.86 bits per heavy atom. The molecule has 0 atom stereocenters. The first-order valence-corrected chi connectivity index (χ1v) is 10.8. The van der Waals surface area contributed by atoms with Crippen LogP contribution in [-0.4, -0.2) is 45.5 Å². The molecular weight excluding hydrogens is 503 g/mol. The van der Waals surface area contributed by atoms with E-state index in [9.17, 15) is 8.42 Å². The molecule has 0 saturated carbocycles. The summed E-state index contributed by atoms with van der Waals surface area (Å²) in [5.41, 5.74) is 0.829. The van der Waals surface area contributed by atoms with Crippen molar-refractivity contribution >= 4 is 40.0 Å². The smallest absolute Gasteiger partial charge is 0.238 e. The number of hydrogen-bond donors (Lipinski definition) is 2. The van der Waals surface area contributed by atoms with Gasteiger partial charge in [-0.25, -0.2) is 13.6 Å². The van der Waals surface area contributed by atoms with E-state index in [0.717, 1.165) is 43.2 Å². The van der Waals surface area contributed by atoms with Gasteiger partial charge in [0.25, 0.3) is 0 Å². The predicted molar refractivity (Wildman–Crippen MR) is 125 cm³/mol. The highest BCUT2D eigenvalue weighted by Crippen LogP contribution is 2.19. The Balaban J connectivity index is 0.00000300. The topological polar surface area (TPSA) is 97.0 Å². The third-order valence-corrected chi connectivity index (χ3v) is 5.59. The molecule has 3 rings (SSSR count). The molecule has 1 heterocycles. The second kappa shape index (κ2) is 10.8. The van der Waals surface area contributed by atoms with Gasteiger partial charge in [-0.3, -0.25) is 4.99 Å². The number of guanidine groups is 1. The molecule has 0 bridgehead atoms. The normalized spacial score (nSPS) is 15.5. The number of sulfonamides is 1. The molecule has 0 radical (unpaired) electrons. The summed E-state index contributed by atoms with van der Waals surface area (Å²) in [4.78, 5) is 6.66. The number of nitrogens with one attached hydrogen (secondary N) is 1. The molecule has 1 aliphatic heterocycles. The molecule has 2 aromatic carbocycles. The minimum Gasteiger partial charge on any atom is -0.490 e. The van der Waals surface area contributed by atoms with E-state index in [1.54, 1.807) is 19.2 Å². The van der Waals surface area contributed by atoms with Crippen LogP contribution in [0.3, 0.4) is 0 Å². The lowest BCUT2D eigenvalue weighted by molar-refractivity contribution is 0.129. The summed E-state index contributed by atoms with van der Waals surface area (Å²) in [7, 11) is -1.96. The standard InChI is InChI=1S/C20H26N4O3S.HI/c1-22-20(23-15-16-6-5-9-19(14-16)28(21,25)26)24-12-10-18(11-13-24)27-17-7-3-2-4-8-17;/h2-9,14,18H,10-13,15H2,1H3,(H,22,23)(H2,21,25,26);1H. The Morgan fingerprint density at radius 1 is 1.17 bits per heavy atom. The highest BCUT2D eigenvalue weighted by molar-refractivity contribution is 14.0. The van der Waals surface area contributed by atoms with E-state index in [4.69, 9.17) is 9.88 Å². The number of benzene rings is 2. The average molecular weight is 530 g/mol. The summed E-state index contributed by atoms with van der Waals surface area (Å²) in [5.74, 6) is 1.69. The first-order valence-electron chi connectivity index (χ1n) is 9.25. The summed E-state index contributed by atoms with van der Waals surface area (Å²) in [5, 5.41) is 8.50. The molecule has 0 aliphatic carbocycles. The molecule has 9 heteroatoms. The molecule has 1 saturated heterocycles. The van der Waals surface area contributed by atoms with Crippen molar-refractivity contribution in [1.82, 2.24) is 10.2 Å². The molecule has 158 valence electrons. The molecule has 0 aromatic heterocycles. The first-order chi connectivity index (χ1) is 13.5. The van der Waals surface area contributed by atoms with Crippen molar-refractivity contribution in [3.8, 4) is 5.75 Å². The van der Waals surface area contributed by atoms with Crippen LogP contribution in [0.5, 0.6) is 5.75 Å². The zero-order valence-electron chi connectivity index (χ0n) is 16.3. The van der Waals surface area contributed by atoms with Crippen LogP contribution in [0.15, 0.2) is 64.5 Å². The van der Waals surface area contributed by atoms with Gasteiger partial charge < -0.3 is 15.0 Å². The number of likely N-dealkylation sites (tertiary alicyclic amines) is 1. The summed E-state index contributed by atoms with van der Waals surface area (Å²) >= 11 is 0. The van der Waals surface area contributed by atoms with Crippen LogP contribution in [0.1, 0.15) is 18.4 Å². The third kappa shape index (κ3) is 6.86. The highest BCUT2D eigenvalue weighted by Gasteiger charge is 2.22. The van der Waals surface area contributed by atoms with E-state index in [-0.39, 0.29) is 35.0 Å². The molecule has 0 unspecified atom stereocenters. The van der Waals surface area contributed by atoms with Crippen LogP contribution < -0.4 is 15.2 Å². The lowest BCUT2D eigenvalue weighted by Crippen LogP contribution is -2.47. The van der Waals surface area contributed by atoms with Crippen LogP contribution in [-0.2, 0) is 16.6 Å². The van der Waals surface area contributed by atoms with Crippen molar-refractivity contribution in [3.05, 3.63) is 60.2 Å². The van der Waals surface area contributed by atoms with E-state index in [1.807, 2.05) is 36.4 Å². The Kier molecular flexibility index (Phi) is 8.72. The molecule has 29 heavy (non-hydrogen) atoms. The molecule has 3 N–H and O–H groups in total. The third-order valence-electron chi connectivity index (χ3n) is 4.68. The van der Waals surface area contributed by atoms with Crippen LogP contribution in [0.4, 0.5) is 0 Å². The SMILES string of the molecule is CN=C(NCc1cccc(S(N)(=O)=O)c1)N1CCC(Oc2ccccc2)CC1.I. The van der Waals surface area contributed by atoms with E-state index in [2.05, 4.69) is 15.2 Å². The fraction of sp³-hybridized carbons (Fsp3) is 0.350. The van der Waals surface area contributed by atoms with E-state index in [0.29, 0.717) is 6.54 Å². The predicted octanol–water partition coefficient (Wildman–Crippen LogP) is 2.57. The molecule has 0 spiro atoms. The molecule has 1 aliphatic rings. The summed E-state index contributed by atoms with van der Waals surface area (Å²) in [6, 6.07) is 16.5. The van der Waals surface area contributed by atoms with Crippen LogP contribution in [0.2, 0.25) is 0 Å². The minimum atomic E-state index is -3.70. The molecule has 7 nitrogen and oxygen atoms in total. The number of rotatable bonds is 5. The number of nitrogens with zero attached hydrogens (tertiary/aromatic N) is 2. The van der Waals surface area contributed by atoms with Gasteiger partial charge in [0.05, 0.1) is 4.90 Å². The van der Waals surface area contributed by atoms with Crippen molar-refractivity contribution < 1.29 is 13.2 Å². The van der Waals surface area contributed by atoms with Crippen LogP contribution >= 0.6 is 24.0 Å². The number of hydrogen-bond acceptors (Lipinski definition) is 4. The van der Waals surface area contributed by atoms with E-state index >= 15 is 0 Å². The lowest BCUT2D eigenvalue weighted by atomic mass is 10.1. The van der Waals surface area contributed by atoms with E-state index in [1.165, 1.54) is 6.07 Å². The number of halogens is 1. The Labute approximate surface area is 189 Å². The van der Waals surface area contributed by atoms with Crippen molar-refractivity contribution in [3.63, 3.8) is 0 Å². The van der Waals surface area contributed by atoms with Crippen molar-refractivity contribution in [1.29, 1.82) is 0 Å². The van der Waals surface area contributed by atoms with Gasteiger partial charge in [0.2, 0.25) is 10.0 Å². The fourth-order valence-corrected chi connectivity index (χ4v) is 3.81. The first kappa shape index (κ1) is 23.4. The molecular formula is C20H27IN4O3S. The van der Waals surface area contributed by atoms with Gasteiger partial charge in [-0.1, -0.05) is 30.3 Å². The van der Waals surface area contributed by atoms with Gasteiger partial charge in [0.1, 0.15) is 11.9 Å². The second-order valence-electron chi connectivity index (χ2n) is 6.71. The maximum absolute atomic E-state index is 11.5. The van der Waals surface area contributed by atoms with Gasteiger partial charge in [0, 0.05) is 39.5 Å². The van der Waals surface area contributed by atoms with Gasteiger partial charge in [-0.2, -0.15) is 0 Å². The molecule has 2 aromatic rings. The number of aliphatic imine (C=N–C) groups is 1. The monoisotopic (exact) mass is 530 g/mol. The molecule has 1 fully saturated rings. The average Bonchev–Trinajstić information content (AvgIpc) is 2.70. The Bertz CT molecular complexity index is 914. The number of piperidine rings is 1. The number of ether oxygens (including phenoxy) is 1. The van der Waals surface area contributed by atoms with Crippen LogP contribution in [0.25, 0.3) is 0 Å².